The van der Waals surface area contributed by atoms with Crippen LogP contribution in [0.25, 0.3) is 0 Å². The van der Waals surface area contributed by atoms with Crippen molar-refractivity contribution in [2.75, 3.05) is 0 Å². The molecule has 0 radical (unpaired) electrons. The second-order valence-electron chi connectivity index (χ2n) is 3.27. The van der Waals surface area contributed by atoms with Gasteiger partial charge in [-0.05, 0) is 0 Å². The van der Waals surface area contributed by atoms with Crippen LogP contribution < -0.4 is 11.3 Å². The molecule has 0 unspecified atom stereocenters. The van der Waals surface area contributed by atoms with Crippen LogP contribution in [0.15, 0.2) is 17.8 Å². The normalized spacial score (nSPS) is 10.3. The van der Waals surface area contributed by atoms with Crippen LogP contribution in [-0.4, -0.2) is 25.6 Å². The molecule has 2 aromatic rings. The Morgan fingerprint density at radius 3 is 3.06 bits per heavy atom. The maximum atomic E-state index is 11.2. The molecule has 0 aliphatic heterocycles. The number of aromatic nitrogens is 3. The minimum absolute atomic E-state index is 0.0924. The number of nitrogen functional groups attached to an aromatic ring is 1. The number of hydrogen-bond acceptors (Lipinski definition) is 7. The number of carbonyl (C=O) groups excluding carboxylic acids is 1. The molecule has 10 heteroatoms. The summed E-state index contributed by atoms with van der Waals surface area (Å²) in [6, 6.07) is 0. The van der Waals surface area contributed by atoms with E-state index >= 15 is 0 Å². The number of nitrogens with two attached hydrogens (primary N) is 1. The molecule has 18 heavy (non-hydrogen) atoms. The van der Waals surface area contributed by atoms with Gasteiger partial charge in [0.15, 0.2) is 5.01 Å². The number of hydrazine groups is 1. The minimum atomic E-state index is -0.530. The topological polar surface area (TPSA) is 129 Å². The van der Waals surface area contributed by atoms with Gasteiger partial charge in [0.05, 0.1) is 17.2 Å². The van der Waals surface area contributed by atoms with Crippen molar-refractivity contribution < 1.29 is 9.72 Å². The number of hydrogen-bond donors (Lipinski definition) is 2. The van der Waals surface area contributed by atoms with Crippen molar-refractivity contribution in [2.45, 2.75) is 6.54 Å². The van der Waals surface area contributed by atoms with Crippen LogP contribution in [0.2, 0.25) is 0 Å². The van der Waals surface area contributed by atoms with Gasteiger partial charge in [0, 0.05) is 5.38 Å². The molecule has 2 aromatic heterocycles. The SMILES string of the molecule is NNC(=O)c1nc(Cn2cc([N+](=O)[O-])cn2)cs1. The van der Waals surface area contributed by atoms with Crippen LogP contribution in [-0.2, 0) is 6.54 Å². The fourth-order valence-corrected chi connectivity index (χ4v) is 1.96. The van der Waals surface area contributed by atoms with Crippen molar-refractivity contribution in [1.82, 2.24) is 20.2 Å². The lowest BCUT2D eigenvalue weighted by Crippen LogP contribution is -2.29. The zero-order valence-electron chi connectivity index (χ0n) is 8.94. The van der Waals surface area contributed by atoms with Crippen LogP contribution in [0, 0.1) is 10.1 Å². The average Bonchev–Trinajstić information content (AvgIpc) is 2.98. The highest BCUT2D eigenvalue weighted by atomic mass is 32.1. The van der Waals surface area contributed by atoms with Crippen molar-refractivity contribution in [2.24, 2.45) is 5.84 Å². The second-order valence-corrected chi connectivity index (χ2v) is 4.13. The summed E-state index contributed by atoms with van der Waals surface area (Å²) in [7, 11) is 0. The number of amides is 1. The Kier molecular flexibility index (Phi) is 3.30. The Hall–Kier alpha value is -2.33. The number of nitro groups is 1. The summed E-state index contributed by atoms with van der Waals surface area (Å²) in [6.07, 6.45) is 2.45. The van der Waals surface area contributed by atoms with Crippen LogP contribution >= 0.6 is 11.3 Å². The predicted molar refractivity (Wildman–Crippen MR) is 61.8 cm³/mol. The fraction of sp³-hybridized carbons (Fsp3) is 0.125. The van der Waals surface area contributed by atoms with Gasteiger partial charge in [-0.1, -0.05) is 0 Å². The van der Waals surface area contributed by atoms with E-state index in [0.717, 1.165) is 17.5 Å². The summed E-state index contributed by atoms with van der Waals surface area (Å²) in [6.45, 7) is 0.252. The Morgan fingerprint density at radius 2 is 2.44 bits per heavy atom. The van der Waals surface area contributed by atoms with E-state index in [0.29, 0.717) is 5.69 Å². The summed E-state index contributed by atoms with van der Waals surface area (Å²) >= 11 is 1.14. The van der Waals surface area contributed by atoms with Gasteiger partial charge < -0.3 is 0 Å². The van der Waals surface area contributed by atoms with Gasteiger partial charge in [-0.3, -0.25) is 25.0 Å². The van der Waals surface area contributed by atoms with Gasteiger partial charge in [-0.25, -0.2) is 10.8 Å². The van der Waals surface area contributed by atoms with Crippen LogP contribution in [0.4, 0.5) is 5.69 Å². The van der Waals surface area contributed by atoms with Gasteiger partial charge in [-0.2, -0.15) is 5.10 Å². The lowest BCUT2D eigenvalue weighted by atomic mass is 10.5. The highest BCUT2D eigenvalue weighted by Gasteiger charge is 2.12. The van der Waals surface area contributed by atoms with Gasteiger partial charge in [0.2, 0.25) is 0 Å². The number of nitrogens with one attached hydrogen (secondary N) is 1. The number of nitrogens with zero attached hydrogens (tertiary/aromatic N) is 4. The molecule has 1 amide bonds. The first kappa shape index (κ1) is 12.1. The zero-order chi connectivity index (χ0) is 13.1. The molecule has 0 aromatic carbocycles. The maximum Gasteiger partial charge on any atom is 0.307 e. The first-order valence-corrected chi connectivity index (χ1v) is 5.60. The minimum Gasteiger partial charge on any atom is -0.288 e. The molecule has 2 heterocycles. The molecule has 0 fully saturated rings. The third-order valence-electron chi connectivity index (χ3n) is 2.03. The molecule has 0 saturated carbocycles. The highest BCUT2D eigenvalue weighted by Crippen LogP contribution is 2.13. The van der Waals surface area contributed by atoms with E-state index < -0.39 is 10.8 Å². The van der Waals surface area contributed by atoms with Gasteiger partial charge in [0.1, 0.15) is 12.4 Å². The Balaban J connectivity index is 2.11. The summed E-state index contributed by atoms with van der Waals surface area (Å²) in [4.78, 5) is 25.1. The third-order valence-corrected chi connectivity index (χ3v) is 2.92. The average molecular weight is 268 g/mol. The predicted octanol–water partition coefficient (Wildman–Crippen LogP) is -0.100. The molecule has 0 atom stereocenters. The summed E-state index contributed by atoms with van der Waals surface area (Å²) in [5, 5.41) is 16.2. The monoisotopic (exact) mass is 268 g/mol. The molecular weight excluding hydrogens is 260 g/mol. The summed E-state index contributed by atoms with van der Waals surface area (Å²) in [5.41, 5.74) is 2.46. The Morgan fingerprint density at radius 1 is 1.67 bits per heavy atom. The summed E-state index contributed by atoms with van der Waals surface area (Å²) in [5.74, 6) is 4.50. The van der Waals surface area contributed by atoms with Crippen molar-refractivity contribution >= 4 is 22.9 Å². The smallest absolute Gasteiger partial charge is 0.288 e. The van der Waals surface area contributed by atoms with E-state index in [-0.39, 0.29) is 17.2 Å². The standard InChI is InChI=1S/C8H8N6O3S/c9-12-7(15)8-11-5(4-18-8)2-13-3-6(1-10-13)14(16)17/h1,3-4H,2,9H2,(H,12,15). The van der Waals surface area contributed by atoms with E-state index in [4.69, 9.17) is 5.84 Å². The van der Waals surface area contributed by atoms with E-state index in [1.165, 1.54) is 10.9 Å². The van der Waals surface area contributed by atoms with Gasteiger partial charge >= 0.3 is 5.69 Å². The van der Waals surface area contributed by atoms with Gasteiger partial charge in [0.25, 0.3) is 5.91 Å². The lowest BCUT2D eigenvalue weighted by molar-refractivity contribution is -0.385. The molecule has 3 N–H and O–H groups in total. The third kappa shape index (κ3) is 2.49. The maximum absolute atomic E-state index is 11.2. The van der Waals surface area contributed by atoms with E-state index in [1.807, 2.05) is 5.43 Å². The largest absolute Gasteiger partial charge is 0.307 e. The van der Waals surface area contributed by atoms with Crippen molar-refractivity contribution in [3.8, 4) is 0 Å². The van der Waals surface area contributed by atoms with Gasteiger partial charge in [-0.15, -0.1) is 11.3 Å². The van der Waals surface area contributed by atoms with E-state index in [2.05, 4.69) is 10.1 Å². The number of rotatable bonds is 4. The molecule has 0 saturated heterocycles. The van der Waals surface area contributed by atoms with Crippen molar-refractivity contribution in [1.29, 1.82) is 0 Å². The molecule has 0 aliphatic rings. The molecule has 0 aliphatic carbocycles. The molecular formula is C8H8N6O3S. The van der Waals surface area contributed by atoms with Crippen LogP contribution in [0.5, 0.6) is 0 Å². The van der Waals surface area contributed by atoms with Crippen LogP contribution in [0.1, 0.15) is 15.5 Å². The lowest BCUT2D eigenvalue weighted by Gasteiger charge is -1.95. The molecule has 0 bridgehead atoms. The quantitative estimate of drug-likeness (QED) is 0.345. The van der Waals surface area contributed by atoms with Crippen LogP contribution in [0.3, 0.4) is 0 Å². The number of thiazole rings is 1. The Labute approximate surface area is 104 Å². The van der Waals surface area contributed by atoms with E-state index in [9.17, 15) is 14.9 Å². The number of carbonyl (C=O) groups is 1. The van der Waals surface area contributed by atoms with E-state index in [1.54, 1.807) is 5.38 Å². The molecule has 94 valence electrons. The Bertz CT molecular complexity index is 591. The zero-order valence-corrected chi connectivity index (χ0v) is 9.75. The molecule has 0 spiro atoms. The highest BCUT2D eigenvalue weighted by molar-refractivity contribution is 7.11. The first-order valence-electron chi connectivity index (χ1n) is 4.72. The summed E-state index contributed by atoms with van der Waals surface area (Å²) < 4.78 is 1.37. The first-order chi connectivity index (χ1) is 8.60. The van der Waals surface area contributed by atoms with Crippen molar-refractivity contribution in [3.05, 3.63) is 38.6 Å². The molecule has 9 nitrogen and oxygen atoms in total. The molecule has 2 rings (SSSR count). The second kappa shape index (κ2) is 4.89. The fourth-order valence-electron chi connectivity index (χ4n) is 1.25. The van der Waals surface area contributed by atoms with Crippen molar-refractivity contribution in [3.63, 3.8) is 0 Å².